The molecule has 2 nitrogen and oxygen atoms in total. The molecule has 2 rings (SSSR count). The average Bonchev–Trinajstić information content (AvgIpc) is 2.73. The molecule has 1 fully saturated rings. The normalized spacial score (nSPS) is 31.7. The fraction of sp³-hybridized carbons (Fsp3) is 0.750. The molecule has 15 heavy (non-hydrogen) atoms. The van der Waals surface area contributed by atoms with E-state index in [1.54, 1.807) is 11.3 Å². The lowest BCUT2D eigenvalue weighted by atomic mass is 9.78. The van der Waals surface area contributed by atoms with Crippen LogP contribution in [0.15, 0.2) is 11.7 Å². The van der Waals surface area contributed by atoms with Gasteiger partial charge in [-0.15, -0.1) is 11.3 Å². The number of thiazole rings is 1. The summed E-state index contributed by atoms with van der Waals surface area (Å²) in [7, 11) is 0. The standard InChI is InChI=1S/C12H20N2S/c1-10-3-5-12(2,6-4-10)14-8-11-7-13-9-15-11/h7,9-10,14H,3-6,8H2,1-2H3. The largest absolute Gasteiger partial charge is 0.307 e. The van der Waals surface area contributed by atoms with Crippen molar-refractivity contribution in [1.29, 1.82) is 0 Å². The lowest BCUT2D eigenvalue weighted by molar-refractivity contribution is 0.213. The summed E-state index contributed by atoms with van der Waals surface area (Å²) in [6, 6.07) is 0. The van der Waals surface area contributed by atoms with Crippen molar-refractivity contribution in [3.63, 3.8) is 0 Å². The van der Waals surface area contributed by atoms with E-state index in [-0.39, 0.29) is 0 Å². The third kappa shape index (κ3) is 3.02. The third-order valence-corrected chi connectivity index (χ3v) is 4.33. The average molecular weight is 224 g/mol. The number of nitrogens with one attached hydrogen (secondary N) is 1. The predicted octanol–water partition coefficient (Wildman–Crippen LogP) is 3.20. The number of nitrogens with zero attached hydrogens (tertiary/aromatic N) is 1. The molecular formula is C12H20N2S. The summed E-state index contributed by atoms with van der Waals surface area (Å²) in [6.07, 6.45) is 7.32. The first-order chi connectivity index (χ1) is 7.18. The Bertz CT molecular complexity index is 287. The van der Waals surface area contributed by atoms with Gasteiger partial charge in [0.15, 0.2) is 0 Å². The molecule has 0 bridgehead atoms. The minimum absolute atomic E-state index is 0.358. The smallest absolute Gasteiger partial charge is 0.0794 e. The summed E-state index contributed by atoms with van der Waals surface area (Å²) in [4.78, 5) is 5.44. The van der Waals surface area contributed by atoms with Gasteiger partial charge in [0.25, 0.3) is 0 Å². The van der Waals surface area contributed by atoms with Crippen molar-refractivity contribution < 1.29 is 0 Å². The fourth-order valence-corrected chi connectivity index (χ4v) is 2.74. The van der Waals surface area contributed by atoms with Crippen LogP contribution in [0.1, 0.15) is 44.4 Å². The van der Waals surface area contributed by atoms with E-state index in [0.29, 0.717) is 5.54 Å². The minimum atomic E-state index is 0.358. The van der Waals surface area contributed by atoms with Crippen LogP contribution < -0.4 is 5.32 Å². The van der Waals surface area contributed by atoms with Gasteiger partial charge in [0.1, 0.15) is 0 Å². The first-order valence-corrected chi connectivity index (χ1v) is 6.68. The maximum Gasteiger partial charge on any atom is 0.0794 e. The monoisotopic (exact) mass is 224 g/mol. The molecule has 0 radical (unpaired) electrons. The minimum Gasteiger partial charge on any atom is -0.307 e. The highest BCUT2D eigenvalue weighted by Gasteiger charge is 2.28. The molecule has 0 unspecified atom stereocenters. The van der Waals surface area contributed by atoms with E-state index < -0.39 is 0 Å². The summed E-state index contributed by atoms with van der Waals surface area (Å²) in [5, 5.41) is 3.69. The van der Waals surface area contributed by atoms with Crippen LogP contribution in [0.3, 0.4) is 0 Å². The van der Waals surface area contributed by atoms with Gasteiger partial charge in [0.05, 0.1) is 5.51 Å². The van der Waals surface area contributed by atoms with Crippen LogP contribution in [0.25, 0.3) is 0 Å². The first-order valence-electron chi connectivity index (χ1n) is 5.80. The highest BCUT2D eigenvalue weighted by atomic mass is 32.1. The Morgan fingerprint density at radius 2 is 2.27 bits per heavy atom. The zero-order chi connectivity index (χ0) is 10.7. The Morgan fingerprint density at radius 3 is 2.87 bits per heavy atom. The molecule has 0 aliphatic heterocycles. The van der Waals surface area contributed by atoms with Crippen molar-refractivity contribution >= 4 is 11.3 Å². The van der Waals surface area contributed by atoms with Crippen LogP contribution in [-0.2, 0) is 6.54 Å². The Kier molecular flexibility index (Phi) is 3.42. The van der Waals surface area contributed by atoms with Gasteiger partial charge in [-0.05, 0) is 38.5 Å². The predicted molar refractivity (Wildman–Crippen MR) is 65.0 cm³/mol. The van der Waals surface area contributed by atoms with E-state index >= 15 is 0 Å². The second-order valence-corrected chi connectivity index (χ2v) is 6.04. The summed E-state index contributed by atoms with van der Waals surface area (Å²) < 4.78 is 0. The third-order valence-electron chi connectivity index (χ3n) is 3.55. The molecule has 0 spiro atoms. The zero-order valence-electron chi connectivity index (χ0n) is 9.62. The van der Waals surface area contributed by atoms with Crippen molar-refractivity contribution in [3.05, 3.63) is 16.6 Å². The van der Waals surface area contributed by atoms with Crippen LogP contribution in [0, 0.1) is 5.92 Å². The molecule has 84 valence electrons. The van der Waals surface area contributed by atoms with Crippen LogP contribution in [0.4, 0.5) is 0 Å². The highest BCUT2D eigenvalue weighted by molar-refractivity contribution is 7.09. The molecule has 0 amide bonds. The molecular weight excluding hydrogens is 204 g/mol. The molecule has 1 aliphatic carbocycles. The molecule has 1 aromatic heterocycles. The Morgan fingerprint density at radius 1 is 1.53 bits per heavy atom. The van der Waals surface area contributed by atoms with Gasteiger partial charge < -0.3 is 5.32 Å². The summed E-state index contributed by atoms with van der Waals surface area (Å²) in [5.74, 6) is 0.920. The molecule has 0 aromatic carbocycles. The lowest BCUT2D eigenvalue weighted by Crippen LogP contribution is -2.44. The summed E-state index contributed by atoms with van der Waals surface area (Å²) >= 11 is 1.74. The van der Waals surface area contributed by atoms with Gasteiger partial charge in [-0.3, -0.25) is 4.98 Å². The van der Waals surface area contributed by atoms with Gasteiger partial charge in [-0.25, -0.2) is 0 Å². The first kappa shape index (κ1) is 11.1. The molecule has 1 saturated carbocycles. The molecule has 1 heterocycles. The molecule has 3 heteroatoms. The SMILES string of the molecule is CC1CCC(C)(NCc2cncs2)CC1. The van der Waals surface area contributed by atoms with Crippen LogP contribution in [0.2, 0.25) is 0 Å². The van der Waals surface area contributed by atoms with Gasteiger partial charge in [0, 0.05) is 23.2 Å². The Labute approximate surface area is 96.1 Å². The maximum absolute atomic E-state index is 4.10. The van der Waals surface area contributed by atoms with Crippen molar-refractivity contribution in [3.8, 4) is 0 Å². The molecule has 1 aliphatic rings. The van der Waals surface area contributed by atoms with Crippen molar-refractivity contribution in [1.82, 2.24) is 10.3 Å². The second kappa shape index (κ2) is 4.62. The Balaban J connectivity index is 1.83. The van der Waals surface area contributed by atoms with E-state index in [1.807, 2.05) is 11.7 Å². The van der Waals surface area contributed by atoms with Crippen molar-refractivity contribution in [2.75, 3.05) is 0 Å². The molecule has 1 aromatic rings. The van der Waals surface area contributed by atoms with Gasteiger partial charge in [-0.1, -0.05) is 6.92 Å². The number of hydrogen-bond donors (Lipinski definition) is 1. The number of rotatable bonds is 3. The number of aromatic nitrogens is 1. The van der Waals surface area contributed by atoms with Crippen molar-refractivity contribution in [2.24, 2.45) is 5.92 Å². The number of hydrogen-bond acceptors (Lipinski definition) is 3. The van der Waals surface area contributed by atoms with E-state index in [9.17, 15) is 0 Å². The van der Waals surface area contributed by atoms with E-state index in [0.717, 1.165) is 12.5 Å². The van der Waals surface area contributed by atoms with Gasteiger partial charge >= 0.3 is 0 Å². The maximum atomic E-state index is 4.10. The highest BCUT2D eigenvalue weighted by Crippen LogP contribution is 2.31. The lowest BCUT2D eigenvalue weighted by Gasteiger charge is -2.37. The topological polar surface area (TPSA) is 24.9 Å². The quantitative estimate of drug-likeness (QED) is 0.853. The van der Waals surface area contributed by atoms with Crippen LogP contribution in [0.5, 0.6) is 0 Å². The molecule has 1 N–H and O–H groups in total. The second-order valence-electron chi connectivity index (χ2n) is 5.06. The summed E-state index contributed by atoms with van der Waals surface area (Å²) in [6.45, 7) is 5.71. The zero-order valence-corrected chi connectivity index (χ0v) is 10.4. The van der Waals surface area contributed by atoms with E-state index in [4.69, 9.17) is 0 Å². The Hall–Kier alpha value is -0.410. The summed E-state index contributed by atoms with van der Waals surface area (Å²) in [5.41, 5.74) is 2.26. The van der Waals surface area contributed by atoms with Gasteiger partial charge in [0.2, 0.25) is 0 Å². The van der Waals surface area contributed by atoms with Gasteiger partial charge in [-0.2, -0.15) is 0 Å². The fourth-order valence-electron chi connectivity index (χ4n) is 2.21. The van der Waals surface area contributed by atoms with E-state index in [1.165, 1.54) is 30.6 Å². The van der Waals surface area contributed by atoms with Crippen molar-refractivity contribution in [2.45, 2.75) is 51.6 Å². The van der Waals surface area contributed by atoms with Crippen LogP contribution in [-0.4, -0.2) is 10.5 Å². The van der Waals surface area contributed by atoms with Crippen LogP contribution >= 0.6 is 11.3 Å². The molecule has 0 atom stereocenters. The molecule has 0 saturated heterocycles. The van der Waals surface area contributed by atoms with E-state index in [2.05, 4.69) is 24.1 Å².